The monoisotopic (exact) mass is 248 g/mol. The van der Waals surface area contributed by atoms with Gasteiger partial charge in [-0.3, -0.25) is 4.79 Å². The predicted octanol–water partition coefficient (Wildman–Crippen LogP) is 1.04. The Labute approximate surface area is 107 Å². The molecule has 2 rings (SSSR count). The van der Waals surface area contributed by atoms with Crippen molar-refractivity contribution in [3.05, 3.63) is 23.4 Å². The number of primary amides is 1. The molecular formula is C13H20N4O. The first-order valence-corrected chi connectivity index (χ1v) is 6.41. The molecule has 0 bridgehead atoms. The molecule has 0 spiro atoms. The van der Waals surface area contributed by atoms with E-state index < -0.39 is 5.91 Å². The molecule has 0 radical (unpaired) electrons. The van der Waals surface area contributed by atoms with E-state index in [0.29, 0.717) is 17.4 Å². The van der Waals surface area contributed by atoms with Crippen molar-refractivity contribution in [1.82, 2.24) is 10.3 Å². The van der Waals surface area contributed by atoms with Crippen LogP contribution < -0.4 is 16.4 Å². The molecule has 1 saturated heterocycles. The molecule has 5 nitrogen and oxygen atoms in total. The van der Waals surface area contributed by atoms with Gasteiger partial charge < -0.3 is 16.4 Å². The number of anilines is 1. The number of aryl methyl sites for hydroxylation is 1. The van der Waals surface area contributed by atoms with Crippen molar-refractivity contribution in [2.75, 3.05) is 18.4 Å². The molecule has 0 saturated carbocycles. The Hall–Kier alpha value is -1.62. The zero-order chi connectivity index (χ0) is 13.0. The summed E-state index contributed by atoms with van der Waals surface area (Å²) in [6, 6.07) is 3.97. The third-order valence-corrected chi connectivity index (χ3v) is 3.23. The van der Waals surface area contributed by atoms with Crippen molar-refractivity contribution >= 4 is 11.7 Å². The van der Waals surface area contributed by atoms with Crippen LogP contribution in [-0.4, -0.2) is 30.0 Å². The molecule has 1 atom stereocenters. The van der Waals surface area contributed by atoms with Crippen molar-refractivity contribution in [3.63, 3.8) is 0 Å². The third-order valence-electron chi connectivity index (χ3n) is 3.23. The number of rotatable bonds is 4. The molecule has 98 valence electrons. The van der Waals surface area contributed by atoms with Gasteiger partial charge in [0.15, 0.2) is 0 Å². The molecule has 1 unspecified atom stereocenters. The normalized spacial score (nSPS) is 19.5. The Morgan fingerprint density at radius 1 is 1.56 bits per heavy atom. The van der Waals surface area contributed by atoms with Crippen molar-refractivity contribution in [2.24, 2.45) is 5.73 Å². The Kier molecular flexibility index (Phi) is 4.15. The smallest absolute Gasteiger partial charge is 0.252 e. The highest BCUT2D eigenvalue weighted by Gasteiger charge is 2.14. The summed E-state index contributed by atoms with van der Waals surface area (Å²) in [6.45, 7) is 3.74. The summed E-state index contributed by atoms with van der Waals surface area (Å²) in [5, 5.41) is 6.68. The van der Waals surface area contributed by atoms with Gasteiger partial charge in [-0.1, -0.05) is 6.42 Å². The average molecular weight is 248 g/mol. The highest BCUT2D eigenvalue weighted by Crippen LogP contribution is 2.14. The number of aromatic nitrogens is 1. The van der Waals surface area contributed by atoms with Gasteiger partial charge in [0, 0.05) is 18.3 Å². The highest BCUT2D eigenvalue weighted by atomic mass is 16.1. The van der Waals surface area contributed by atoms with Crippen LogP contribution in [0.5, 0.6) is 0 Å². The molecule has 5 heteroatoms. The number of carbonyl (C=O) groups excluding carboxylic acids is 1. The molecule has 1 aliphatic rings. The number of amides is 1. The third kappa shape index (κ3) is 3.20. The van der Waals surface area contributed by atoms with Gasteiger partial charge in [-0.05, 0) is 38.4 Å². The fourth-order valence-electron chi connectivity index (χ4n) is 2.21. The Morgan fingerprint density at radius 2 is 2.39 bits per heavy atom. The minimum absolute atomic E-state index is 0.443. The van der Waals surface area contributed by atoms with E-state index in [-0.39, 0.29) is 0 Å². The van der Waals surface area contributed by atoms with Crippen molar-refractivity contribution < 1.29 is 4.79 Å². The Morgan fingerprint density at radius 3 is 3.06 bits per heavy atom. The van der Waals surface area contributed by atoms with E-state index in [1.54, 1.807) is 12.1 Å². The number of nitrogens with two attached hydrogens (primary N) is 1. The second-order valence-electron chi connectivity index (χ2n) is 4.74. The SMILES string of the molecule is Cc1ccc(C(N)=O)c(NCC2CCCCN2)n1. The molecule has 1 aliphatic heterocycles. The van der Waals surface area contributed by atoms with Gasteiger partial charge in [-0.15, -0.1) is 0 Å². The molecule has 1 amide bonds. The fourth-order valence-corrected chi connectivity index (χ4v) is 2.21. The molecule has 1 aromatic rings. The van der Waals surface area contributed by atoms with E-state index in [4.69, 9.17) is 5.73 Å². The van der Waals surface area contributed by atoms with Gasteiger partial charge >= 0.3 is 0 Å². The Bertz CT molecular complexity index is 427. The van der Waals surface area contributed by atoms with E-state index in [9.17, 15) is 4.79 Å². The fraction of sp³-hybridized carbons (Fsp3) is 0.538. The van der Waals surface area contributed by atoms with Crippen LogP contribution in [-0.2, 0) is 0 Å². The van der Waals surface area contributed by atoms with Crippen LogP contribution in [0.25, 0.3) is 0 Å². The molecule has 0 aromatic carbocycles. The van der Waals surface area contributed by atoms with Crippen LogP contribution in [0.2, 0.25) is 0 Å². The largest absolute Gasteiger partial charge is 0.368 e. The van der Waals surface area contributed by atoms with Crippen LogP contribution in [0.3, 0.4) is 0 Å². The zero-order valence-electron chi connectivity index (χ0n) is 10.7. The van der Waals surface area contributed by atoms with Crippen LogP contribution in [0.1, 0.15) is 35.3 Å². The van der Waals surface area contributed by atoms with Gasteiger partial charge in [0.2, 0.25) is 0 Å². The van der Waals surface area contributed by atoms with Crippen LogP contribution in [0, 0.1) is 6.92 Å². The molecule has 1 aromatic heterocycles. The van der Waals surface area contributed by atoms with Crippen molar-refractivity contribution in [3.8, 4) is 0 Å². The average Bonchev–Trinajstić information content (AvgIpc) is 2.37. The van der Waals surface area contributed by atoms with E-state index in [2.05, 4.69) is 15.6 Å². The summed E-state index contributed by atoms with van der Waals surface area (Å²) < 4.78 is 0. The van der Waals surface area contributed by atoms with E-state index >= 15 is 0 Å². The van der Waals surface area contributed by atoms with Gasteiger partial charge in [-0.2, -0.15) is 0 Å². The maximum atomic E-state index is 11.3. The highest BCUT2D eigenvalue weighted by molar-refractivity contribution is 5.97. The maximum Gasteiger partial charge on any atom is 0.252 e. The predicted molar refractivity (Wildman–Crippen MR) is 71.6 cm³/mol. The van der Waals surface area contributed by atoms with Crippen molar-refractivity contribution in [1.29, 1.82) is 0 Å². The summed E-state index contributed by atoms with van der Waals surface area (Å²) >= 11 is 0. The summed E-state index contributed by atoms with van der Waals surface area (Å²) in [6.07, 6.45) is 3.65. The lowest BCUT2D eigenvalue weighted by atomic mass is 10.1. The van der Waals surface area contributed by atoms with Gasteiger partial charge in [0.25, 0.3) is 5.91 Å². The first kappa shape index (κ1) is 12.8. The number of nitrogens with one attached hydrogen (secondary N) is 2. The van der Waals surface area contributed by atoms with Crippen LogP contribution >= 0.6 is 0 Å². The van der Waals surface area contributed by atoms with Crippen molar-refractivity contribution in [2.45, 2.75) is 32.2 Å². The lowest BCUT2D eigenvalue weighted by Crippen LogP contribution is -2.39. The first-order valence-electron chi connectivity index (χ1n) is 6.41. The topological polar surface area (TPSA) is 80.0 Å². The van der Waals surface area contributed by atoms with Crippen LogP contribution in [0.15, 0.2) is 12.1 Å². The lowest BCUT2D eigenvalue weighted by molar-refractivity contribution is 0.100. The molecule has 0 aliphatic carbocycles. The minimum atomic E-state index is -0.443. The number of carbonyl (C=O) groups is 1. The maximum absolute atomic E-state index is 11.3. The van der Waals surface area contributed by atoms with Gasteiger partial charge in [0.1, 0.15) is 5.82 Å². The number of piperidine rings is 1. The molecule has 18 heavy (non-hydrogen) atoms. The molecular weight excluding hydrogens is 228 g/mol. The van der Waals surface area contributed by atoms with Crippen LogP contribution in [0.4, 0.5) is 5.82 Å². The zero-order valence-corrected chi connectivity index (χ0v) is 10.7. The van der Waals surface area contributed by atoms with E-state index in [1.165, 1.54) is 12.8 Å². The second kappa shape index (κ2) is 5.82. The first-order chi connectivity index (χ1) is 8.66. The number of nitrogens with zero attached hydrogens (tertiary/aromatic N) is 1. The molecule has 2 heterocycles. The minimum Gasteiger partial charge on any atom is -0.368 e. The number of hydrogen-bond donors (Lipinski definition) is 3. The summed E-state index contributed by atoms with van der Waals surface area (Å²) in [4.78, 5) is 15.6. The standard InChI is InChI=1S/C13H20N4O/c1-9-5-6-11(12(14)18)13(17-9)16-8-10-4-2-3-7-15-10/h5-6,10,15H,2-4,7-8H2,1H3,(H2,14,18)(H,16,17). The summed E-state index contributed by atoms with van der Waals surface area (Å²) in [5.74, 6) is 0.150. The van der Waals surface area contributed by atoms with Gasteiger partial charge in [-0.25, -0.2) is 4.98 Å². The number of pyridine rings is 1. The quantitative estimate of drug-likeness (QED) is 0.744. The van der Waals surface area contributed by atoms with E-state index in [0.717, 1.165) is 25.2 Å². The second-order valence-corrected chi connectivity index (χ2v) is 4.74. The lowest BCUT2D eigenvalue weighted by Gasteiger charge is -2.24. The molecule has 1 fully saturated rings. The van der Waals surface area contributed by atoms with Gasteiger partial charge in [0.05, 0.1) is 5.56 Å². The van der Waals surface area contributed by atoms with E-state index in [1.807, 2.05) is 6.92 Å². The summed E-state index contributed by atoms with van der Waals surface area (Å²) in [5.41, 5.74) is 6.67. The summed E-state index contributed by atoms with van der Waals surface area (Å²) in [7, 11) is 0. The molecule has 4 N–H and O–H groups in total. The number of hydrogen-bond acceptors (Lipinski definition) is 4. The Balaban J connectivity index is 2.03.